The van der Waals surface area contributed by atoms with Gasteiger partial charge in [0.25, 0.3) is 0 Å². The largest absolute Gasteiger partial charge is 0.430 e. The number of nitro benzene ring substituents is 1. The van der Waals surface area contributed by atoms with Crippen LogP contribution >= 0.6 is 15.9 Å². The summed E-state index contributed by atoms with van der Waals surface area (Å²) in [6.45, 7) is 0. The summed E-state index contributed by atoms with van der Waals surface area (Å²) in [5.41, 5.74) is -0.121. The SMILES string of the molecule is N#Cc1ccc(Oc2cnc(Br)cn2)c([N+](=O)[O-])c1. The van der Waals surface area contributed by atoms with Crippen molar-refractivity contribution in [2.45, 2.75) is 0 Å². The highest BCUT2D eigenvalue weighted by Crippen LogP contribution is 2.31. The number of nitriles is 1. The van der Waals surface area contributed by atoms with Gasteiger partial charge in [-0.15, -0.1) is 0 Å². The van der Waals surface area contributed by atoms with Gasteiger partial charge >= 0.3 is 5.69 Å². The quantitative estimate of drug-likeness (QED) is 0.636. The second kappa shape index (κ2) is 5.41. The molecular formula is C11H5BrN4O3. The normalized spacial score (nSPS) is 9.68. The summed E-state index contributed by atoms with van der Waals surface area (Å²) in [5, 5.41) is 19.6. The van der Waals surface area contributed by atoms with E-state index in [1.54, 1.807) is 0 Å². The predicted octanol–water partition coefficient (Wildman–Crippen LogP) is 2.81. The van der Waals surface area contributed by atoms with E-state index in [-0.39, 0.29) is 22.9 Å². The van der Waals surface area contributed by atoms with E-state index in [2.05, 4.69) is 25.9 Å². The Bertz CT molecular complexity index is 667. The second-order valence-electron chi connectivity index (χ2n) is 3.33. The van der Waals surface area contributed by atoms with Crippen LogP contribution in [0.2, 0.25) is 0 Å². The van der Waals surface area contributed by atoms with E-state index >= 15 is 0 Å². The molecule has 0 radical (unpaired) electrons. The van der Waals surface area contributed by atoms with Crippen LogP contribution in [0.4, 0.5) is 5.69 Å². The van der Waals surface area contributed by atoms with Crippen molar-refractivity contribution in [2.75, 3.05) is 0 Å². The van der Waals surface area contributed by atoms with Crippen molar-refractivity contribution < 1.29 is 9.66 Å². The molecule has 7 nitrogen and oxygen atoms in total. The van der Waals surface area contributed by atoms with Crippen LogP contribution in [0, 0.1) is 21.4 Å². The summed E-state index contributed by atoms with van der Waals surface area (Å²) in [7, 11) is 0. The third-order valence-electron chi connectivity index (χ3n) is 2.10. The smallest absolute Gasteiger partial charge is 0.312 e. The summed E-state index contributed by atoms with van der Waals surface area (Å²) in [5.74, 6) is 0.122. The van der Waals surface area contributed by atoms with Crippen LogP contribution in [-0.2, 0) is 0 Å². The minimum absolute atomic E-state index is 0.000576. The maximum Gasteiger partial charge on any atom is 0.312 e. The molecule has 0 fully saturated rings. The van der Waals surface area contributed by atoms with E-state index in [1.165, 1.54) is 24.5 Å². The minimum atomic E-state index is -0.623. The van der Waals surface area contributed by atoms with Gasteiger partial charge in [-0.2, -0.15) is 5.26 Å². The molecule has 1 aromatic carbocycles. The summed E-state index contributed by atoms with van der Waals surface area (Å²) >= 11 is 3.11. The Morgan fingerprint density at radius 1 is 1.37 bits per heavy atom. The zero-order chi connectivity index (χ0) is 13.8. The molecule has 0 bridgehead atoms. The van der Waals surface area contributed by atoms with Gasteiger partial charge in [0.15, 0.2) is 0 Å². The van der Waals surface area contributed by atoms with E-state index in [4.69, 9.17) is 10.00 Å². The molecule has 1 heterocycles. The fourth-order valence-corrected chi connectivity index (χ4v) is 1.49. The minimum Gasteiger partial charge on any atom is -0.430 e. The van der Waals surface area contributed by atoms with Gasteiger partial charge in [-0.1, -0.05) is 0 Å². The number of nitro groups is 1. The fraction of sp³-hybridized carbons (Fsp3) is 0. The highest BCUT2D eigenvalue weighted by Gasteiger charge is 2.17. The van der Waals surface area contributed by atoms with Crippen LogP contribution < -0.4 is 4.74 Å². The van der Waals surface area contributed by atoms with Crippen molar-refractivity contribution in [3.8, 4) is 17.7 Å². The number of ether oxygens (including phenoxy) is 1. The molecule has 0 aliphatic carbocycles. The van der Waals surface area contributed by atoms with Crippen molar-refractivity contribution in [3.05, 3.63) is 50.9 Å². The molecule has 1 aromatic heterocycles. The molecule has 19 heavy (non-hydrogen) atoms. The molecular weight excluding hydrogens is 316 g/mol. The standard InChI is InChI=1S/C11H5BrN4O3/c12-10-5-15-11(6-14-10)19-9-2-1-7(4-13)3-8(9)16(17)18/h1-3,5-6H. The van der Waals surface area contributed by atoms with E-state index in [0.717, 1.165) is 6.07 Å². The van der Waals surface area contributed by atoms with E-state index in [9.17, 15) is 10.1 Å². The number of rotatable bonds is 3. The molecule has 0 spiro atoms. The molecule has 94 valence electrons. The van der Waals surface area contributed by atoms with Gasteiger partial charge in [0.2, 0.25) is 11.6 Å². The van der Waals surface area contributed by atoms with Gasteiger partial charge in [-0.3, -0.25) is 10.1 Å². The zero-order valence-corrected chi connectivity index (χ0v) is 10.9. The van der Waals surface area contributed by atoms with Crippen molar-refractivity contribution in [1.29, 1.82) is 5.26 Å². The lowest BCUT2D eigenvalue weighted by molar-refractivity contribution is -0.385. The Balaban J connectivity index is 2.37. The molecule has 0 aliphatic heterocycles. The Labute approximate surface area is 115 Å². The van der Waals surface area contributed by atoms with E-state index in [0.29, 0.717) is 4.60 Å². The highest BCUT2D eigenvalue weighted by molar-refractivity contribution is 9.10. The van der Waals surface area contributed by atoms with E-state index in [1.807, 2.05) is 6.07 Å². The monoisotopic (exact) mass is 320 g/mol. The third-order valence-corrected chi connectivity index (χ3v) is 2.51. The molecule has 0 N–H and O–H groups in total. The van der Waals surface area contributed by atoms with Crippen LogP contribution in [0.25, 0.3) is 0 Å². The van der Waals surface area contributed by atoms with Gasteiger partial charge < -0.3 is 4.74 Å². The number of hydrogen-bond acceptors (Lipinski definition) is 6. The number of nitrogens with zero attached hydrogens (tertiary/aromatic N) is 4. The van der Waals surface area contributed by atoms with Crippen LogP contribution in [0.1, 0.15) is 5.56 Å². The second-order valence-corrected chi connectivity index (χ2v) is 4.14. The average Bonchev–Trinajstić information content (AvgIpc) is 2.41. The summed E-state index contributed by atoms with van der Waals surface area (Å²) < 4.78 is 5.80. The number of halogens is 1. The molecule has 8 heteroatoms. The first kappa shape index (κ1) is 12.9. The van der Waals surface area contributed by atoms with Crippen molar-refractivity contribution in [3.63, 3.8) is 0 Å². The van der Waals surface area contributed by atoms with Crippen molar-refractivity contribution in [1.82, 2.24) is 9.97 Å². The fourth-order valence-electron chi connectivity index (χ4n) is 1.28. The molecule has 0 saturated heterocycles. The summed E-state index contributed by atoms with van der Waals surface area (Å²) in [6.07, 6.45) is 2.73. The lowest BCUT2D eigenvalue weighted by Crippen LogP contribution is -1.96. The van der Waals surface area contributed by atoms with Gasteiger partial charge in [0, 0.05) is 6.07 Å². The number of benzene rings is 1. The first-order valence-electron chi connectivity index (χ1n) is 4.94. The highest BCUT2D eigenvalue weighted by atomic mass is 79.9. The van der Waals surface area contributed by atoms with Crippen LogP contribution in [0.15, 0.2) is 35.2 Å². The molecule has 0 aliphatic rings. The average molecular weight is 321 g/mol. The predicted molar refractivity (Wildman–Crippen MR) is 67.6 cm³/mol. The maximum atomic E-state index is 10.9. The first-order chi connectivity index (χ1) is 9.10. The van der Waals surface area contributed by atoms with E-state index < -0.39 is 4.92 Å². The molecule has 0 saturated carbocycles. The molecule has 0 unspecified atom stereocenters. The number of aromatic nitrogens is 2. The Morgan fingerprint density at radius 2 is 2.16 bits per heavy atom. The molecule has 0 amide bonds. The van der Waals surface area contributed by atoms with Crippen molar-refractivity contribution in [2.24, 2.45) is 0 Å². The van der Waals surface area contributed by atoms with Gasteiger partial charge in [0.05, 0.1) is 28.9 Å². The van der Waals surface area contributed by atoms with Gasteiger partial charge in [0.1, 0.15) is 4.60 Å². The Morgan fingerprint density at radius 3 is 2.74 bits per heavy atom. The molecule has 2 rings (SSSR count). The van der Waals surface area contributed by atoms with Gasteiger partial charge in [-0.25, -0.2) is 9.97 Å². The third kappa shape index (κ3) is 3.02. The maximum absolute atomic E-state index is 10.9. The number of hydrogen-bond donors (Lipinski definition) is 0. The zero-order valence-electron chi connectivity index (χ0n) is 9.28. The van der Waals surface area contributed by atoms with Crippen LogP contribution in [0.3, 0.4) is 0 Å². The Kier molecular flexibility index (Phi) is 3.68. The van der Waals surface area contributed by atoms with Crippen LogP contribution in [-0.4, -0.2) is 14.9 Å². The van der Waals surface area contributed by atoms with Crippen molar-refractivity contribution >= 4 is 21.6 Å². The lowest BCUT2D eigenvalue weighted by Gasteiger charge is -2.04. The van der Waals surface area contributed by atoms with Gasteiger partial charge in [-0.05, 0) is 28.1 Å². The molecule has 0 atom stereocenters. The first-order valence-corrected chi connectivity index (χ1v) is 5.73. The Hall–Kier alpha value is -2.53. The summed E-state index contributed by atoms with van der Waals surface area (Å²) in [6, 6.07) is 5.74. The summed E-state index contributed by atoms with van der Waals surface area (Å²) in [4.78, 5) is 18.1. The van der Waals surface area contributed by atoms with Crippen LogP contribution in [0.5, 0.6) is 11.6 Å². The lowest BCUT2D eigenvalue weighted by atomic mass is 10.2. The topological polar surface area (TPSA) is 102 Å². The molecule has 2 aromatic rings.